The van der Waals surface area contributed by atoms with E-state index in [0.29, 0.717) is 18.9 Å². The number of nitrogens with two attached hydrogens (primary N) is 1. The molecule has 0 atom stereocenters. The Morgan fingerprint density at radius 2 is 1.24 bits per heavy atom. The normalized spacial score (nSPS) is 9.79. The largest absolute Gasteiger partial charge is 0.466 e. The van der Waals surface area contributed by atoms with Crippen LogP contribution in [-0.4, -0.2) is 36.6 Å². The molecule has 180 valence electrons. The Morgan fingerprint density at radius 1 is 0.788 bits per heavy atom. The highest BCUT2D eigenvalue weighted by Gasteiger charge is 2.04. The third-order valence-electron chi connectivity index (χ3n) is 3.49. The van der Waals surface area contributed by atoms with Crippen LogP contribution in [0.3, 0.4) is 0 Å². The molecule has 0 aromatic heterocycles. The Morgan fingerprint density at radius 3 is 1.64 bits per heavy atom. The van der Waals surface area contributed by atoms with Gasteiger partial charge in [0, 0.05) is 11.4 Å². The maximum absolute atomic E-state index is 11.1. The van der Waals surface area contributed by atoms with Gasteiger partial charge in [-0.3, -0.25) is 25.7 Å². The van der Waals surface area contributed by atoms with Crippen LogP contribution < -0.4 is 16.7 Å². The number of Topliss-reactive ketones (excluding diaryl/α,β-unsaturated/α-hetero) is 1. The van der Waals surface area contributed by atoms with Crippen molar-refractivity contribution in [3.05, 3.63) is 60.7 Å². The molecule has 0 aliphatic carbocycles. The topological polar surface area (TPSA) is 132 Å². The number of hydrazine groups is 1. The number of esters is 2. The molecule has 2 aromatic rings. The predicted octanol–water partition coefficient (Wildman–Crippen LogP) is 3.93. The van der Waals surface area contributed by atoms with Gasteiger partial charge in [0.15, 0.2) is 0 Å². The van der Waals surface area contributed by atoms with Crippen molar-refractivity contribution in [2.45, 2.75) is 40.5 Å². The summed E-state index contributed by atoms with van der Waals surface area (Å²) in [7, 11) is 0. The Balaban J connectivity index is 0.000000510. The summed E-state index contributed by atoms with van der Waals surface area (Å²) in [5.74, 6) is 4.25. The van der Waals surface area contributed by atoms with Gasteiger partial charge in [-0.1, -0.05) is 36.4 Å². The maximum atomic E-state index is 11.1. The highest BCUT2D eigenvalue weighted by atomic mass is 16.5. The molecule has 0 heterocycles. The molecule has 0 bridgehead atoms. The molecule has 0 amide bonds. The van der Waals surface area contributed by atoms with E-state index >= 15 is 0 Å². The summed E-state index contributed by atoms with van der Waals surface area (Å²) in [4.78, 5) is 31.8. The molecule has 9 heteroatoms. The van der Waals surface area contributed by atoms with E-state index in [1.54, 1.807) is 20.8 Å². The van der Waals surface area contributed by atoms with Crippen LogP contribution in [0.5, 0.6) is 0 Å². The summed E-state index contributed by atoms with van der Waals surface area (Å²) < 4.78 is 9.31. The molecule has 0 aliphatic heterocycles. The molecule has 0 unspecified atom stereocenters. The number of nitrogens with zero attached hydrogens (tertiary/aromatic N) is 1. The van der Waals surface area contributed by atoms with Crippen LogP contribution >= 0.6 is 0 Å². The van der Waals surface area contributed by atoms with Gasteiger partial charge in [-0.2, -0.15) is 5.10 Å². The van der Waals surface area contributed by atoms with E-state index in [4.69, 9.17) is 10.6 Å². The molecule has 0 saturated carbocycles. The van der Waals surface area contributed by atoms with Gasteiger partial charge in [-0.15, -0.1) is 0 Å². The molecule has 0 radical (unpaired) electrons. The summed E-state index contributed by atoms with van der Waals surface area (Å²) in [5, 5.41) is 4.08. The number of hydrogen-bond acceptors (Lipinski definition) is 9. The summed E-state index contributed by atoms with van der Waals surface area (Å²) in [6.45, 7) is 7.37. The van der Waals surface area contributed by atoms with Crippen LogP contribution in [-0.2, 0) is 23.9 Å². The third kappa shape index (κ3) is 17.6. The number of nitrogen functional groups attached to an aromatic ring is 1. The van der Waals surface area contributed by atoms with Gasteiger partial charge in [0.1, 0.15) is 12.2 Å². The van der Waals surface area contributed by atoms with Gasteiger partial charge >= 0.3 is 11.9 Å². The summed E-state index contributed by atoms with van der Waals surface area (Å²) in [6, 6.07) is 19.2. The molecule has 33 heavy (non-hydrogen) atoms. The monoisotopic (exact) mass is 458 g/mol. The number of carbonyl (C=O) groups is 3. The van der Waals surface area contributed by atoms with Crippen LogP contribution in [0.1, 0.15) is 40.5 Å². The number of rotatable bonds is 9. The lowest BCUT2D eigenvalue weighted by molar-refractivity contribution is -0.145. The SMILES string of the molecule is CCOC(=O)C/C(C)=N/Nc1ccccc1.CCOC(=O)CC(C)=O.NNc1ccccc1. The van der Waals surface area contributed by atoms with Gasteiger partial charge in [-0.05, 0) is 52.0 Å². The molecule has 2 rings (SSSR count). The van der Waals surface area contributed by atoms with E-state index in [1.807, 2.05) is 60.7 Å². The number of benzene rings is 2. The van der Waals surface area contributed by atoms with Crippen LogP contribution in [0, 0.1) is 0 Å². The van der Waals surface area contributed by atoms with Crippen LogP contribution in [0.15, 0.2) is 65.8 Å². The zero-order chi connectivity index (χ0) is 24.9. The van der Waals surface area contributed by atoms with Crippen molar-refractivity contribution in [1.29, 1.82) is 0 Å². The number of hydrazone groups is 1. The van der Waals surface area contributed by atoms with Crippen molar-refractivity contribution in [2.75, 3.05) is 24.1 Å². The minimum absolute atomic E-state index is 0.103. The number of anilines is 2. The van der Waals surface area contributed by atoms with Crippen molar-refractivity contribution in [2.24, 2.45) is 10.9 Å². The van der Waals surface area contributed by atoms with Gasteiger partial charge in [0.2, 0.25) is 0 Å². The molecule has 9 nitrogen and oxygen atoms in total. The Hall–Kier alpha value is -3.72. The first kappa shape index (κ1) is 29.3. The highest BCUT2D eigenvalue weighted by molar-refractivity contribution is 5.97. The molecule has 0 fully saturated rings. The summed E-state index contributed by atoms with van der Waals surface area (Å²) in [5.41, 5.74) is 7.93. The fourth-order valence-electron chi connectivity index (χ4n) is 2.08. The Kier molecular flexibility index (Phi) is 16.9. The Bertz CT molecular complexity index is 842. The van der Waals surface area contributed by atoms with E-state index in [2.05, 4.69) is 20.7 Å². The van der Waals surface area contributed by atoms with Crippen molar-refractivity contribution < 1.29 is 23.9 Å². The number of para-hydroxylation sites is 2. The first-order chi connectivity index (χ1) is 15.8. The van der Waals surface area contributed by atoms with Crippen molar-refractivity contribution in [3.8, 4) is 0 Å². The smallest absolute Gasteiger partial charge is 0.313 e. The molecule has 0 saturated heterocycles. The number of hydrogen-bond donors (Lipinski definition) is 3. The summed E-state index contributed by atoms with van der Waals surface area (Å²) in [6.07, 6.45) is 0.113. The highest BCUT2D eigenvalue weighted by Crippen LogP contribution is 2.05. The van der Waals surface area contributed by atoms with Gasteiger partial charge < -0.3 is 14.9 Å². The fourth-order valence-corrected chi connectivity index (χ4v) is 2.08. The predicted molar refractivity (Wildman–Crippen MR) is 131 cm³/mol. The average Bonchev–Trinajstić information content (AvgIpc) is 2.79. The van der Waals surface area contributed by atoms with E-state index < -0.39 is 5.97 Å². The second kappa shape index (κ2) is 19.0. The van der Waals surface area contributed by atoms with Crippen molar-refractivity contribution in [1.82, 2.24) is 0 Å². The van der Waals surface area contributed by atoms with Crippen molar-refractivity contribution in [3.63, 3.8) is 0 Å². The molecule has 4 N–H and O–H groups in total. The minimum Gasteiger partial charge on any atom is -0.466 e. The van der Waals surface area contributed by atoms with E-state index in [-0.39, 0.29) is 24.6 Å². The molecular formula is C24H34N4O5. The van der Waals surface area contributed by atoms with Gasteiger partial charge in [0.05, 0.1) is 25.3 Å². The lowest BCUT2D eigenvalue weighted by Crippen LogP contribution is -2.10. The van der Waals surface area contributed by atoms with Crippen molar-refractivity contribution >= 4 is 34.8 Å². The van der Waals surface area contributed by atoms with Gasteiger partial charge in [0.25, 0.3) is 0 Å². The zero-order valence-corrected chi connectivity index (χ0v) is 19.7. The van der Waals surface area contributed by atoms with Crippen LogP contribution in [0.25, 0.3) is 0 Å². The first-order valence-electron chi connectivity index (χ1n) is 10.5. The van der Waals surface area contributed by atoms with E-state index in [0.717, 1.165) is 11.4 Å². The second-order valence-electron chi connectivity index (χ2n) is 6.50. The first-order valence-corrected chi connectivity index (χ1v) is 10.5. The minimum atomic E-state index is -0.440. The number of carbonyl (C=O) groups excluding carboxylic acids is 3. The number of ketones is 1. The lowest BCUT2D eigenvalue weighted by Gasteiger charge is -2.03. The van der Waals surface area contributed by atoms with Crippen LogP contribution in [0.2, 0.25) is 0 Å². The average molecular weight is 459 g/mol. The number of nitrogens with one attached hydrogen (secondary N) is 2. The van der Waals surface area contributed by atoms with Crippen LogP contribution in [0.4, 0.5) is 11.4 Å². The van der Waals surface area contributed by atoms with E-state index in [9.17, 15) is 14.4 Å². The quantitative estimate of drug-likeness (QED) is 0.169. The Labute approximate surface area is 195 Å². The summed E-state index contributed by atoms with van der Waals surface area (Å²) >= 11 is 0. The lowest BCUT2D eigenvalue weighted by atomic mass is 10.3. The zero-order valence-electron chi connectivity index (χ0n) is 19.7. The molecular weight excluding hydrogens is 424 g/mol. The van der Waals surface area contributed by atoms with E-state index in [1.165, 1.54) is 6.92 Å². The molecule has 2 aromatic carbocycles. The second-order valence-corrected chi connectivity index (χ2v) is 6.50. The van der Waals surface area contributed by atoms with Gasteiger partial charge in [-0.25, -0.2) is 0 Å². The number of ether oxygens (including phenoxy) is 2. The fraction of sp³-hybridized carbons (Fsp3) is 0.333. The molecule has 0 spiro atoms. The maximum Gasteiger partial charge on any atom is 0.313 e. The standard InChI is InChI=1S/C12H16N2O2.C6H8N2.C6H10O3/c1-3-16-12(15)9-10(2)13-14-11-7-5-4-6-8-11;7-8-6-4-2-1-3-5-6;1-3-9-6(8)4-5(2)7/h4-8,14H,3,9H2,1-2H3;1-5,8H,7H2;3-4H2,1-2H3/b13-10+;;. The third-order valence-corrected chi connectivity index (χ3v) is 3.49. The molecule has 0 aliphatic rings.